The highest BCUT2D eigenvalue weighted by atomic mass is 16.5. The molecule has 2 rings (SSSR count). The molecule has 9 nitrogen and oxygen atoms in total. The molecule has 0 bridgehead atoms. The van der Waals surface area contributed by atoms with E-state index in [9.17, 15) is 4.79 Å². The van der Waals surface area contributed by atoms with Crippen LogP contribution in [0.15, 0.2) is 18.2 Å². The molecule has 1 aliphatic heterocycles. The zero-order valence-electron chi connectivity index (χ0n) is 16.0. The molecule has 1 aromatic carbocycles. The van der Waals surface area contributed by atoms with E-state index in [1.807, 2.05) is 16.8 Å². The Labute approximate surface area is 159 Å². The van der Waals surface area contributed by atoms with Gasteiger partial charge in [-0.05, 0) is 19.2 Å². The van der Waals surface area contributed by atoms with E-state index in [1.54, 1.807) is 25.3 Å². The van der Waals surface area contributed by atoms with Gasteiger partial charge in [0.25, 0.3) is 12.4 Å². The fraction of sp³-hybridized carbons (Fsp3) is 0.556. The lowest BCUT2D eigenvalue weighted by molar-refractivity contribution is -0.122. The SMILES string of the molecule is COc1ccc(C(=O)N2CCOCC2CN(C)CCO)c(OC)c1.O=CO. The van der Waals surface area contributed by atoms with Crippen LogP contribution in [-0.2, 0) is 9.53 Å². The van der Waals surface area contributed by atoms with Crippen LogP contribution in [0.5, 0.6) is 11.5 Å². The summed E-state index contributed by atoms with van der Waals surface area (Å²) in [5.41, 5.74) is 0.509. The Morgan fingerprint density at radius 1 is 1.41 bits per heavy atom. The van der Waals surface area contributed by atoms with E-state index in [0.717, 1.165) is 0 Å². The molecule has 9 heteroatoms. The molecule has 0 saturated carbocycles. The topological polar surface area (TPSA) is 109 Å². The fourth-order valence-corrected chi connectivity index (χ4v) is 2.83. The third-order valence-electron chi connectivity index (χ3n) is 4.13. The number of nitrogens with zero attached hydrogens (tertiary/aromatic N) is 2. The predicted octanol–water partition coefficient (Wildman–Crippen LogP) is 0.170. The number of methoxy groups -OCH3 is 2. The first-order valence-corrected chi connectivity index (χ1v) is 8.50. The summed E-state index contributed by atoms with van der Waals surface area (Å²) >= 11 is 0. The minimum Gasteiger partial charge on any atom is -0.497 e. The largest absolute Gasteiger partial charge is 0.497 e. The van der Waals surface area contributed by atoms with E-state index in [4.69, 9.17) is 29.2 Å². The van der Waals surface area contributed by atoms with Gasteiger partial charge in [-0.15, -0.1) is 0 Å². The molecule has 1 amide bonds. The van der Waals surface area contributed by atoms with Gasteiger partial charge in [-0.2, -0.15) is 0 Å². The zero-order chi connectivity index (χ0) is 20.2. The molecular weight excluding hydrogens is 356 g/mol. The van der Waals surface area contributed by atoms with Crippen molar-refractivity contribution in [3.63, 3.8) is 0 Å². The van der Waals surface area contributed by atoms with Gasteiger partial charge in [0.05, 0.1) is 45.6 Å². The summed E-state index contributed by atoms with van der Waals surface area (Å²) in [6.45, 7) is 2.58. The number of hydrogen-bond acceptors (Lipinski definition) is 7. The molecule has 0 radical (unpaired) electrons. The summed E-state index contributed by atoms with van der Waals surface area (Å²) in [5.74, 6) is 1.05. The number of aliphatic hydroxyl groups is 1. The van der Waals surface area contributed by atoms with Gasteiger partial charge in [0.2, 0.25) is 0 Å². The second-order valence-electron chi connectivity index (χ2n) is 5.88. The molecule has 1 heterocycles. The van der Waals surface area contributed by atoms with Gasteiger partial charge in [0, 0.05) is 25.7 Å². The zero-order valence-corrected chi connectivity index (χ0v) is 16.0. The summed E-state index contributed by atoms with van der Waals surface area (Å²) in [4.78, 5) is 25.2. The average molecular weight is 384 g/mol. The minimum atomic E-state index is -0.250. The van der Waals surface area contributed by atoms with Crippen molar-refractivity contribution < 1.29 is 34.0 Å². The van der Waals surface area contributed by atoms with Crippen molar-refractivity contribution in [2.75, 3.05) is 60.7 Å². The van der Waals surface area contributed by atoms with Crippen LogP contribution in [-0.4, -0.2) is 99.2 Å². The summed E-state index contributed by atoms with van der Waals surface area (Å²) in [7, 11) is 5.03. The first kappa shape index (κ1) is 22.7. The lowest BCUT2D eigenvalue weighted by atomic mass is 10.1. The average Bonchev–Trinajstić information content (AvgIpc) is 2.68. The van der Waals surface area contributed by atoms with Crippen LogP contribution in [0.1, 0.15) is 10.4 Å². The Bertz CT molecular complexity index is 597. The number of carbonyl (C=O) groups excluding carboxylic acids is 1. The van der Waals surface area contributed by atoms with Crippen molar-refractivity contribution in [1.29, 1.82) is 0 Å². The van der Waals surface area contributed by atoms with Crippen LogP contribution in [0.3, 0.4) is 0 Å². The Balaban J connectivity index is 0.00000114. The van der Waals surface area contributed by atoms with Crippen LogP contribution in [0.4, 0.5) is 0 Å². The molecule has 1 aromatic rings. The maximum absolute atomic E-state index is 13.0. The standard InChI is InChI=1S/C17H26N2O5.CH2O2/c1-18(6-8-20)11-13-12-24-9-7-19(13)17(21)15-5-4-14(22-2)10-16(15)23-3;2-1-3/h4-5,10,13,20H,6-9,11-12H2,1-3H3;1H,(H,2,3). The van der Waals surface area contributed by atoms with Crippen LogP contribution in [0.2, 0.25) is 0 Å². The maximum Gasteiger partial charge on any atom is 0.290 e. The van der Waals surface area contributed by atoms with Crippen molar-refractivity contribution >= 4 is 12.4 Å². The summed E-state index contributed by atoms with van der Waals surface area (Å²) in [5, 5.41) is 15.9. The quantitative estimate of drug-likeness (QED) is 0.641. The number of carbonyl (C=O) groups is 2. The Morgan fingerprint density at radius 2 is 2.11 bits per heavy atom. The minimum absolute atomic E-state index is 0.0605. The van der Waals surface area contributed by atoms with Gasteiger partial charge >= 0.3 is 0 Å². The van der Waals surface area contributed by atoms with Gasteiger partial charge in [0.15, 0.2) is 0 Å². The number of aliphatic hydroxyl groups excluding tert-OH is 1. The van der Waals surface area contributed by atoms with E-state index in [-0.39, 0.29) is 25.0 Å². The van der Waals surface area contributed by atoms with Crippen LogP contribution >= 0.6 is 0 Å². The highest BCUT2D eigenvalue weighted by Crippen LogP contribution is 2.27. The molecule has 1 unspecified atom stereocenters. The molecular formula is C18H28N2O7. The van der Waals surface area contributed by atoms with E-state index in [1.165, 1.54) is 7.11 Å². The third kappa shape index (κ3) is 6.70. The van der Waals surface area contributed by atoms with Gasteiger partial charge in [-0.3, -0.25) is 9.59 Å². The van der Waals surface area contributed by atoms with Crippen LogP contribution in [0, 0.1) is 0 Å². The smallest absolute Gasteiger partial charge is 0.290 e. The lowest BCUT2D eigenvalue weighted by Gasteiger charge is -2.37. The Morgan fingerprint density at radius 3 is 2.70 bits per heavy atom. The third-order valence-corrected chi connectivity index (χ3v) is 4.13. The number of likely N-dealkylation sites (N-methyl/N-ethyl adjacent to an activating group) is 1. The molecule has 27 heavy (non-hydrogen) atoms. The number of ether oxygens (including phenoxy) is 3. The molecule has 0 spiro atoms. The number of morpholine rings is 1. The van der Waals surface area contributed by atoms with Gasteiger partial charge in [0.1, 0.15) is 11.5 Å². The summed E-state index contributed by atoms with van der Waals surface area (Å²) < 4.78 is 16.1. The summed E-state index contributed by atoms with van der Waals surface area (Å²) in [6.07, 6.45) is 0. The fourth-order valence-electron chi connectivity index (χ4n) is 2.83. The number of amides is 1. The second kappa shape index (κ2) is 12.1. The molecule has 1 aliphatic rings. The van der Waals surface area contributed by atoms with E-state index < -0.39 is 0 Å². The maximum atomic E-state index is 13.0. The molecule has 1 fully saturated rings. The molecule has 1 saturated heterocycles. The number of benzene rings is 1. The summed E-state index contributed by atoms with van der Waals surface area (Å²) in [6, 6.07) is 5.13. The second-order valence-corrected chi connectivity index (χ2v) is 5.88. The number of rotatable bonds is 7. The first-order valence-electron chi connectivity index (χ1n) is 8.50. The highest BCUT2D eigenvalue weighted by molar-refractivity contribution is 5.97. The van der Waals surface area contributed by atoms with Crippen molar-refractivity contribution in [1.82, 2.24) is 9.80 Å². The van der Waals surface area contributed by atoms with E-state index >= 15 is 0 Å². The van der Waals surface area contributed by atoms with Crippen LogP contribution < -0.4 is 9.47 Å². The number of hydrogen-bond donors (Lipinski definition) is 2. The molecule has 0 aromatic heterocycles. The highest BCUT2D eigenvalue weighted by Gasteiger charge is 2.30. The predicted molar refractivity (Wildman–Crippen MR) is 98.5 cm³/mol. The van der Waals surface area contributed by atoms with Gasteiger partial charge in [-0.25, -0.2) is 0 Å². The van der Waals surface area contributed by atoms with Crippen molar-refractivity contribution in [2.45, 2.75) is 6.04 Å². The van der Waals surface area contributed by atoms with Gasteiger partial charge < -0.3 is 34.2 Å². The molecule has 152 valence electrons. The van der Waals surface area contributed by atoms with E-state index in [2.05, 4.69) is 0 Å². The Hall–Kier alpha value is -2.36. The Kier molecular flexibility index (Phi) is 10.2. The van der Waals surface area contributed by atoms with Crippen molar-refractivity contribution in [3.8, 4) is 11.5 Å². The molecule has 2 N–H and O–H groups in total. The normalized spacial score (nSPS) is 16.3. The number of carboxylic acid groups (broad SMARTS) is 1. The molecule has 1 atom stereocenters. The monoisotopic (exact) mass is 384 g/mol. The lowest BCUT2D eigenvalue weighted by Crippen LogP contribution is -2.53. The van der Waals surface area contributed by atoms with Crippen molar-refractivity contribution in [3.05, 3.63) is 23.8 Å². The van der Waals surface area contributed by atoms with Gasteiger partial charge in [-0.1, -0.05) is 0 Å². The molecule has 0 aliphatic carbocycles. The van der Waals surface area contributed by atoms with Crippen LogP contribution in [0.25, 0.3) is 0 Å². The first-order chi connectivity index (χ1) is 13.0. The van der Waals surface area contributed by atoms with E-state index in [0.29, 0.717) is 49.9 Å². The van der Waals surface area contributed by atoms with Crippen molar-refractivity contribution in [2.24, 2.45) is 0 Å².